The number of aliphatic hydroxyl groups is 2. The Bertz CT molecular complexity index is 2620. The SMILES string of the molecule is CC[Si](CC)(CC)O[C@@H](C(=O)O[C@H]1C[C@@]2(O)C(OC(=O)c3ccccc3)C3[C@](C)(C(=O)[C@H](OC(C)=O)C(=C1C)C2(C)C)[C@@H](O)[C@H](O[N+](=O)[O-])[C@H]1OC[C@@]31OC(C)=O)[C@@H](NC(=O)c1ccccc1)c1ccccc1. The summed E-state index contributed by atoms with van der Waals surface area (Å²) in [7, 11) is -2.81. The standard InChI is InChI=1S/C53H64N2O17Si/c1-10-73(11-2,12-3)72-40(38(33-22-16-13-17-23-33)54-47(60)34-24-18-14-19-25-34)49(62)68-36-28-53(63)46(69-48(61)35-26-20-15-21-27-35)42-51(9,43(58)39(67-31(5)56)37(30(36)4)50(53,7)8)44(59)41(71-55(64)65)45-52(42,29-66-45)70-32(6)57/h13-27,36,38-42,44-46,59,63H,10-12,28-29H2,1-9H3,(H,54,60)/t36-,38-,39+,40+,41-,42?,44-,45+,46?,51+,52+,53+/m0/s1. The fraction of sp³-hybridized carbons (Fsp3) is 0.509. The van der Waals surface area contributed by atoms with Crippen LogP contribution in [0.2, 0.25) is 18.1 Å². The van der Waals surface area contributed by atoms with Crippen molar-refractivity contribution in [2.75, 3.05) is 6.61 Å². The summed E-state index contributed by atoms with van der Waals surface area (Å²) < 4.78 is 37.9. The highest BCUT2D eigenvalue weighted by molar-refractivity contribution is 6.73. The third kappa shape index (κ3) is 9.59. The Balaban J connectivity index is 1.47. The normalized spacial score (nSPS) is 30.0. The number of nitrogens with zero attached hydrogens (tertiary/aromatic N) is 1. The van der Waals surface area contributed by atoms with E-state index in [0.29, 0.717) is 29.3 Å². The summed E-state index contributed by atoms with van der Waals surface area (Å²) in [6, 6.07) is 25.3. The van der Waals surface area contributed by atoms with Gasteiger partial charge in [-0.25, -0.2) is 9.59 Å². The smallest absolute Gasteiger partial charge is 0.338 e. The zero-order valence-electron chi connectivity index (χ0n) is 42.4. The third-order valence-corrected chi connectivity index (χ3v) is 20.6. The molecule has 20 heteroatoms. The van der Waals surface area contributed by atoms with Crippen molar-refractivity contribution in [1.29, 1.82) is 0 Å². The maximum Gasteiger partial charge on any atom is 0.338 e. The first-order chi connectivity index (χ1) is 34.5. The van der Waals surface area contributed by atoms with E-state index in [4.69, 9.17) is 32.9 Å². The first-order valence-corrected chi connectivity index (χ1v) is 27.0. The van der Waals surface area contributed by atoms with Crippen LogP contribution < -0.4 is 5.32 Å². The molecule has 1 heterocycles. The summed E-state index contributed by atoms with van der Waals surface area (Å²) in [6.07, 6.45) is -13.7. The minimum atomic E-state index is -2.81. The molecule has 3 aromatic rings. The van der Waals surface area contributed by atoms with E-state index in [9.17, 15) is 39.5 Å². The summed E-state index contributed by atoms with van der Waals surface area (Å²) in [6.45, 7) is 13.1. The first kappa shape index (κ1) is 54.5. The number of hydrogen-bond acceptors (Lipinski definition) is 17. The van der Waals surface area contributed by atoms with Crippen molar-refractivity contribution in [3.63, 3.8) is 0 Å². The molecule has 19 nitrogen and oxygen atoms in total. The van der Waals surface area contributed by atoms with Gasteiger partial charge in [0.1, 0.15) is 23.9 Å². The number of aliphatic hydroxyl groups excluding tert-OH is 1. The Hall–Kier alpha value is -6.32. The van der Waals surface area contributed by atoms with Gasteiger partial charge in [0.05, 0.1) is 35.6 Å². The molecular formula is C53H64N2O17Si. The summed E-state index contributed by atoms with van der Waals surface area (Å²) in [5.41, 5.74) is -8.31. The Morgan fingerprint density at radius 2 is 1.41 bits per heavy atom. The third-order valence-electron chi connectivity index (χ3n) is 16.0. The zero-order chi connectivity index (χ0) is 53.4. The molecule has 12 atom stereocenters. The molecule has 1 aliphatic heterocycles. The molecule has 2 unspecified atom stereocenters. The highest BCUT2D eigenvalue weighted by Crippen LogP contribution is 2.65. The van der Waals surface area contributed by atoms with Gasteiger partial charge < -0.3 is 48.5 Å². The van der Waals surface area contributed by atoms with Crippen LogP contribution in [0.25, 0.3) is 0 Å². The predicted octanol–water partition coefficient (Wildman–Crippen LogP) is 5.95. The molecule has 73 heavy (non-hydrogen) atoms. The minimum absolute atomic E-state index is 0.0173. The van der Waals surface area contributed by atoms with Crippen molar-refractivity contribution >= 4 is 43.9 Å². The fourth-order valence-corrected chi connectivity index (χ4v) is 14.6. The largest absolute Gasteiger partial charge is 0.456 e. The van der Waals surface area contributed by atoms with Gasteiger partial charge in [-0.05, 0) is 73.0 Å². The van der Waals surface area contributed by atoms with E-state index in [0.717, 1.165) is 13.8 Å². The van der Waals surface area contributed by atoms with Gasteiger partial charge in [0, 0.05) is 31.2 Å². The lowest BCUT2D eigenvalue weighted by Crippen LogP contribution is -2.85. The second kappa shape index (κ2) is 20.9. The molecule has 7 rings (SSSR count). The average molecular weight is 1030 g/mol. The molecular weight excluding hydrogens is 965 g/mol. The summed E-state index contributed by atoms with van der Waals surface area (Å²) in [4.78, 5) is 104. The van der Waals surface area contributed by atoms with E-state index in [-0.39, 0.29) is 16.7 Å². The second-order valence-electron chi connectivity index (χ2n) is 20.1. The Morgan fingerprint density at radius 1 is 0.849 bits per heavy atom. The number of nitrogens with one attached hydrogen (secondary N) is 1. The lowest BCUT2D eigenvalue weighted by molar-refractivity contribution is -0.776. The Kier molecular flexibility index (Phi) is 15.6. The molecule has 0 spiro atoms. The van der Waals surface area contributed by atoms with Crippen LogP contribution in [-0.4, -0.2) is 120 Å². The van der Waals surface area contributed by atoms with Crippen LogP contribution in [0.15, 0.2) is 102 Å². The van der Waals surface area contributed by atoms with Crippen LogP contribution in [0, 0.1) is 26.9 Å². The van der Waals surface area contributed by atoms with Gasteiger partial charge in [-0.15, -0.1) is 10.1 Å². The molecule has 1 amide bonds. The molecule has 3 fully saturated rings. The molecule has 1 saturated heterocycles. The molecule has 0 radical (unpaired) electrons. The van der Waals surface area contributed by atoms with Crippen LogP contribution in [0.1, 0.15) is 101 Å². The first-order valence-electron chi connectivity index (χ1n) is 24.5. The topological polar surface area (TPSA) is 263 Å². The van der Waals surface area contributed by atoms with Gasteiger partial charge in [-0.1, -0.05) is 101 Å². The molecule has 392 valence electrons. The van der Waals surface area contributed by atoms with Crippen LogP contribution in [0.5, 0.6) is 0 Å². The van der Waals surface area contributed by atoms with Gasteiger partial charge in [0.15, 0.2) is 38.0 Å². The number of rotatable bonds is 17. The van der Waals surface area contributed by atoms with Crippen molar-refractivity contribution in [3.8, 4) is 0 Å². The minimum Gasteiger partial charge on any atom is -0.456 e. The highest BCUT2D eigenvalue weighted by Gasteiger charge is 2.81. The van der Waals surface area contributed by atoms with E-state index in [1.165, 1.54) is 39.8 Å². The summed E-state index contributed by atoms with van der Waals surface area (Å²) in [5.74, 6) is -7.48. The van der Waals surface area contributed by atoms with E-state index < -0.39 is 139 Å². The monoisotopic (exact) mass is 1030 g/mol. The number of ketones is 1. The van der Waals surface area contributed by atoms with Gasteiger partial charge in [0.2, 0.25) is 0 Å². The molecule has 3 N–H and O–H groups in total. The fourth-order valence-electron chi connectivity index (χ4n) is 11.8. The second-order valence-corrected chi connectivity index (χ2v) is 24.8. The summed E-state index contributed by atoms with van der Waals surface area (Å²) >= 11 is 0. The number of fused-ring (bicyclic) bond motifs is 5. The molecule has 4 aliphatic rings. The maximum atomic E-state index is 16.0. The van der Waals surface area contributed by atoms with Crippen molar-refractivity contribution in [3.05, 3.63) is 129 Å². The molecule has 2 saturated carbocycles. The molecule has 3 aromatic carbocycles. The Morgan fingerprint density at radius 3 is 1.92 bits per heavy atom. The maximum absolute atomic E-state index is 16.0. The molecule has 0 aromatic heterocycles. The lowest BCUT2D eigenvalue weighted by Gasteiger charge is -2.68. The highest BCUT2D eigenvalue weighted by atomic mass is 28.4. The van der Waals surface area contributed by atoms with Crippen molar-refractivity contribution < 1.29 is 77.0 Å². The molecule has 3 aliphatic carbocycles. The van der Waals surface area contributed by atoms with Gasteiger partial charge in [0.25, 0.3) is 11.0 Å². The van der Waals surface area contributed by atoms with Gasteiger partial charge >= 0.3 is 23.9 Å². The Labute approximate surface area is 424 Å². The zero-order valence-corrected chi connectivity index (χ0v) is 43.4. The number of benzene rings is 3. The van der Waals surface area contributed by atoms with E-state index in [1.807, 2.05) is 20.8 Å². The number of ether oxygens (including phenoxy) is 5. The van der Waals surface area contributed by atoms with Gasteiger partial charge in [-0.2, -0.15) is 0 Å². The molecule has 2 bridgehead atoms. The number of carbonyl (C=O) groups is 6. The average Bonchev–Trinajstić information content (AvgIpc) is 3.35. The van der Waals surface area contributed by atoms with Crippen LogP contribution in [0.3, 0.4) is 0 Å². The van der Waals surface area contributed by atoms with Crippen LogP contribution in [0.4, 0.5) is 0 Å². The van der Waals surface area contributed by atoms with E-state index >= 15 is 9.59 Å². The van der Waals surface area contributed by atoms with Crippen molar-refractivity contribution in [1.82, 2.24) is 5.32 Å². The van der Waals surface area contributed by atoms with E-state index in [1.54, 1.807) is 78.9 Å². The number of Topliss-reactive ketones (excluding diaryl/α,β-unsaturated/α-hetero) is 1. The number of esters is 4. The van der Waals surface area contributed by atoms with Crippen LogP contribution >= 0.6 is 0 Å². The lowest BCUT2D eigenvalue weighted by atomic mass is 9.44. The predicted molar refractivity (Wildman–Crippen MR) is 261 cm³/mol. The number of carbonyl (C=O) groups excluding carboxylic acids is 6. The number of amides is 1. The summed E-state index contributed by atoms with van der Waals surface area (Å²) in [5, 5.41) is 40.5. The van der Waals surface area contributed by atoms with Crippen LogP contribution in [-0.2, 0) is 52.1 Å². The van der Waals surface area contributed by atoms with E-state index in [2.05, 4.69) is 5.32 Å². The quantitative estimate of drug-likeness (QED) is 0.0352. The van der Waals surface area contributed by atoms with Gasteiger partial charge in [-0.3, -0.25) is 19.2 Å². The van der Waals surface area contributed by atoms with Crippen molar-refractivity contribution in [2.45, 2.75) is 147 Å². The van der Waals surface area contributed by atoms with Crippen molar-refractivity contribution in [2.24, 2.45) is 16.7 Å². The number of hydrogen-bond donors (Lipinski definition) is 3.